The van der Waals surface area contributed by atoms with Gasteiger partial charge in [-0.3, -0.25) is 9.59 Å². The van der Waals surface area contributed by atoms with Crippen LogP contribution in [0.3, 0.4) is 0 Å². The molecule has 0 unspecified atom stereocenters. The van der Waals surface area contributed by atoms with Crippen LogP contribution in [0.15, 0.2) is 0 Å². The summed E-state index contributed by atoms with van der Waals surface area (Å²) in [6.45, 7) is 5.44. The van der Waals surface area contributed by atoms with Crippen molar-refractivity contribution in [3.63, 3.8) is 0 Å². The highest BCUT2D eigenvalue weighted by atomic mass is 16.6. The van der Waals surface area contributed by atoms with Gasteiger partial charge in [-0.1, -0.05) is 13.8 Å². The maximum absolute atomic E-state index is 11.5. The predicted molar refractivity (Wildman–Crippen MR) is 63.0 cm³/mol. The number of nitrogens with two attached hydrogens (primary N) is 2. The summed E-state index contributed by atoms with van der Waals surface area (Å²) >= 11 is 0. The van der Waals surface area contributed by atoms with Crippen molar-refractivity contribution in [2.75, 3.05) is 7.11 Å². The van der Waals surface area contributed by atoms with Gasteiger partial charge >= 0.3 is 11.9 Å². The van der Waals surface area contributed by atoms with E-state index in [2.05, 4.69) is 4.74 Å². The summed E-state index contributed by atoms with van der Waals surface area (Å²) in [5.41, 5.74) is 11.2. The summed E-state index contributed by atoms with van der Waals surface area (Å²) in [4.78, 5) is 22.7. The molecule has 0 aliphatic carbocycles. The molecule has 0 aliphatic rings. The third kappa shape index (κ3) is 5.65. The van der Waals surface area contributed by atoms with Crippen LogP contribution in [0.25, 0.3) is 0 Å². The molecule has 0 aromatic heterocycles. The van der Waals surface area contributed by atoms with E-state index in [1.807, 2.05) is 13.8 Å². The third-order valence-electron chi connectivity index (χ3n) is 2.31. The number of hydrogen-bond donors (Lipinski definition) is 2. The molecule has 100 valence electrons. The van der Waals surface area contributed by atoms with E-state index in [1.165, 1.54) is 14.0 Å². The second-order valence-corrected chi connectivity index (χ2v) is 4.43. The van der Waals surface area contributed by atoms with Gasteiger partial charge in [0, 0.05) is 0 Å². The molecule has 0 bridgehead atoms. The van der Waals surface area contributed by atoms with Gasteiger partial charge in [-0.25, -0.2) is 0 Å². The minimum atomic E-state index is -0.991. The van der Waals surface area contributed by atoms with Crippen molar-refractivity contribution in [1.29, 1.82) is 0 Å². The summed E-state index contributed by atoms with van der Waals surface area (Å²) in [5.74, 6) is -0.879. The average molecular weight is 246 g/mol. The van der Waals surface area contributed by atoms with Crippen molar-refractivity contribution in [3.05, 3.63) is 0 Å². The van der Waals surface area contributed by atoms with Crippen molar-refractivity contribution in [1.82, 2.24) is 0 Å². The van der Waals surface area contributed by atoms with Gasteiger partial charge in [0.1, 0.15) is 18.2 Å². The molecular weight excluding hydrogens is 224 g/mol. The first kappa shape index (κ1) is 15.9. The Hall–Kier alpha value is -1.14. The van der Waals surface area contributed by atoms with E-state index in [-0.39, 0.29) is 0 Å². The summed E-state index contributed by atoms with van der Waals surface area (Å²) in [5, 5.41) is 0. The zero-order valence-electron chi connectivity index (χ0n) is 10.8. The van der Waals surface area contributed by atoms with Crippen LogP contribution in [-0.2, 0) is 19.1 Å². The second kappa shape index (κ2) is 7.24. The summed E-state index contributed by atoms with van der Waals surface area (Å²) in [6, 6.07) is -1.68. The first-order valence-corrected chi connectivity index (χ1v) is 5.59. The molecule has 0 amide bonds. The van der Waals surface area contributed by atoms with Gasteiger partial charge in [-0.15, -0.1) is 0 Å². The van der Waals surface area contributed by atoms with Crippen LogP contribution in [0.5, 0.6) is 0 Å². The highest BCUT2D eigenvalue weighted by Crippen LogP contribution is 2.07. The highest BCUT2D eigenvalue weighted by Gasteiger charge is 2.27. The number of carbonyl (C=O) groups is 2. The van der Waals surface area contributed by atoms with Crippen LogP contribution >= 0.6 is 0 Å². The van der Waals surface area contributed by atoms with Gasteiger partial charge in [-0.2, -0.15) is 0 Å². The zero-order chi connectivity index (χ0) is 13.6. The molecule has 0 rings (SSSR count). The Bertz CT molecular complexity index is 268. The molecule has 4 N–H and O–H groups in total. The SMILES string of the molecule is COC(=O)[C@@H](N)[C@@H](C)OC(=O)[C@@H](N)CC(C)C. The van der Waals surface area contributed by atoms with Crippen LogP contribution in [0.2, 0.25) is 0 Å². The van der Waals surface area contributed by atoms with Gasteiger partial charge in [0.2, 0.25) is 0 Å². The molecule has 6 nitrogen and oxygen atoms in total. The largest absolute Gasteiger partial charge is 0.468 e. The zero-order valence-corrected chi connectivity index (χ0v) is 10.8. The Labute approximate surface area is 102 Å². The molecule has 0 aliphatic heterocycles. The minimum Gasteiger partial charge on any atom is -0.468 e. The van der Waals surface area contributed by atoms with Crippen LogP contribution in [0.4, 0.5) is 0 Å². The quantitative estimate of drug-likeness (QED) is 0.628. The maximum atomic E-state index is 11.5. The van der Waals surface area contributed by atoms with Crippen molar-refractivity contribution in [2.45, 2.75) is 45.4 Å². The number of rotatable bonds is 6. The van der Waals surface area contributed by atoms with Crippen LogP contribution in [-0.4, -0.2) is 37.2 Å². The fourth-order valence-corrected chi connectivity index (χ4v) is 1.28. The lowest BCUT2D eigenvalue weighted by molar-refractivity contribution is -0.156. The smallest absolute Gasteiger partial charge is 0.326 e. The molecule has 17 heavy (non-hydrogen) atoms. The molecule has 0 radical (unpaired) electrons. The van der Waals surface area contributed by atoms with E-state index in [1.54, 1.807) is 0 Å². The van der Waals surface area contributed by atoms with E-state index in [9.17, 15) is 9.59 Å². The van der Waals surface area contributed by atoms with Crippen LogP contribution in [0.1, 0.15) is 27.2 Å². The number of hydrogen-bond acceptors (Lipinski definition) is 6. The molecule has 0 saturated carbocycles. The van der Waals surface area contributed by atoms with Crippen molar-refractivity contribution >= 4 is 11.9 Å². The van der Waals surface area contributed by atoms with Gasteiger partial charge in [0.25, 0.3) is 0 Å². The van der Waals surface area contributed by atoms with E-state index in [4.69, 9.17) is 16.2 Å². The normalized spacial score (nSPS) is 16.2. The monoisotopic (exact) mass is 246 g/mol. The first-order chi connectivity index (χ1) is 7.79. The minimum absolute atomic E-state index is 0.294. The average Bonchev–Trinajstić information content (AvgIpc) is 2.25. The van der Waals surface area contributed by atoms with Crippen molar-refractivity contribution in [2.24, 2.45) is 17.4 Å². The maximum Gasteiger partial charge on any atom is 0.326 e. The summed E-state index contributed by atoms with van der Waals surface area (Å²) in [6.07, 6.45) is -0.230. The Morgan fingerprint density at radius 1 is 1.12 bits per heavy atom. The Balaban J connectivity index is 4.24. The van der Waals surface area contributed by atoms with Crippen molar-refractivity contribution < 1.29 is 19.1 Å². The molecule has 0 aromatic carbocycles. The first-order valence-electron chi connectivity index (χ1n) is 5.59. The molecule has 0 saturated heterocycles. The lowest BCUT2D eigenvalue weighted by Crippen LogP contribution is -2.46. The number of methoxy groups -OCH3 is 1. The Morgan fingerprint density at radius 3 is 2.06 bits per heavy atom. The van der Waals surface area contributed by atoms with E-state index < -0.39 is 30.1 Å². The third-order valence-corrected chi connectivity index (χ3v) is 2.31. The summed E-state index contributed by atoms with van der Waals surface area (Å²) < 4.78 is 9.46. The second-order valence-electron chi connectivity index (χ2n) is 4.43. The Morgan fingerprint density at radius 2 is 1.65 bits per heavy atom. The van der Waals surface area contributed by atoms with Gasteiger partial charge in [0.05, 0.1) is 7.11 Å². The summed E-state index contributed by atoms with van der Waals surface area (Å²) in [7, 11) is 1.22. The van der Waals surface area contributed by atoms with Gasteiger partial charge in [0.15, 0.2) is 0 Å². The molecule has 0 heterocycles. The molecular formula is C11H22N2O4. The lowest BCUT2D eigenvalue weighted by atomic mass is 10.0. The van der Waals surface area contributed by atoms with Crippen LogP contribution in [0, 0.1) is 5.92 Å². The fourth-order valence-electron chi connectivity index (χ4n) is 1.28. The number of carbonyl (C=O) groups excluding carboxylic acids is 2. The molecule has 3 atom stereocenters. The topological polar surface area (TPSA) is 105 Å². The predicted octanol–water partition coefficient (Wildman–Crippen LogP) is -0.208. The van der Waals surface area contributed by atoms with E-state index >= 15 is 0 Å². The molecule has 0 aromatic rings. The molecule has 6 heteroatoms. The standard InChI is InChI=1S/C11H22N2O4/c1-6(2)5-8(12)10(14)17-7(3)9(13)11(15)16-4/h6-9H,5,12-13H2,1-4H3/t7-,8+,9+/m1/s1. The van der Waals surface area contributed by atoms with Crippen LogP contribution < -0.4 is 11.5 Å². The fraction of sp³-hybridized carbons (Fsp3) is 0.818. The van der Waals surface area contributed by atoms with E-state index in [0.29, 0.717) is 12.3 Å². The van der Waals surface area contributed by atoms with E-state index in [0.717, 1.165) is 0 Å². The van der Waals surface area contributed by atoms with Gasteiger partial charge < -0.3 is 20.9 Å². The Kier molecular flexibility index (Phi) is 6.75. The molecule has 0 spiro atoms. The number of esters is 2. The van der Waals surface area contributed by atoms with Gasteiger partial charge in [-0.05, 0) is 19.3 Å². The molecule has 0 fully saturated rings. The number of ether oxygens (including phenoxy) is 2. The highest BCUT2D eigenvalue weighted by molar-refractivity contribution is 5.78. The van der Waals surface area contributed by atoms with Crippen molar-refractivity contribution in [3.8, 4) is 0 Å². The lowest BCUT2D eigenvalue weighted by Gasteiger charge is -2.21.